The fraction of sp³-hybridized carbons (Fsp3) is 0.185. The number of aryl methyl sites for hydroxylation is 2. The Balaban J connectivity index is 1.80. The van der Waals surface area contributed by atoms with E-state index in [9.17, 15) is 19.5 Å². The van der Waals surface area contributed by atoms with E-state index in [2.05, 4.69) is 4.98 Å². The summed E-state index contributed by atoms with van der Waals surface area (Å²) in [5.74, 6) is -1.95. The van der Waals surface area contributed by atoms with Crippen molar-refractivity contribution in [2.75, 3.05) is 4.90 Å². The number of benzene rings is 2. The molecule has 0 fully saturated rings. The molecule has 3 aromatic rings. The van der Waals surface area contributed by atoms with Gasteiger partial charge >= 0.3 is 0 Å². The van der Waals surface area contributed by atoms with Crippen molar-refractivity contribution in [3.63, 3.8) is 0 Å². The first kappa shape index (κ1) is 23.3. The van der Waals surface area contributed by atoms with Gasteiger partial charge in [-0.15, -0.1) is 0 Å². The summed E-state index contributed by atoms with van der Waals surface area (Å²) in [4.78, 5) is 44.7. The molecule has 172 valence electrons. The molecule has 4 rings (SSSR count). The molecule has 34 heavy (non-hydrogen) atoms. The summed E-state index contributed by atoms with van der Waals surface area (Å²) in [7, 11) is 0. The van der Waals surface area contributed by atoms with Crippen LogP contribution in [0.5, 0.6) is 0 Å². The predicted octanol–water partition coefficient (Wildman–Crippen LogP) is 5.40. The van der Waals surface area contributed by atoms with Crippen LogP contribution in [0.25, 0.3) is 6.08 Å². The minimum absolute atomic E-state index is 0.0151. The molecule has 1 aliphatic heterocycles. The topological polar surface area (TPSA) is 87.6 Å². The third kappa shape index (κ3) is 4.34. The van der Waals surface area contributed by atoms with E-state index in [1.54, 1.807) is 13.0 Å². The van der Waals surface area contributed by atoms with Gasteiger partial charge in [-0.1, -0.05) is 78.9 Å². The van der Waals surface area contributed by atoms with Crippen LogP contribution in [0.2, 0.25) is 0 Å². The fourth-order valence-corrected chi connectivity index (χ4v) is 4.93. The van der Waals surface area contributed by atoms with Gasteiger partial charge < -0.3 is 5.11 Å². The molecule has 0 bridgehead atoms. The summed E-state index contributed by atoms with van der Waals surface area (Å²) in [5, 5.41) is 11.1. The van der Waals surface area contributed by atoms with Crippen LogP contribution in [-0.4, -0.2) is 27.6 Å². The van der Waals surface area contributed by atoms with Crippen LogP contribution in [0.1, 0.15) is 51.9 Å². The molecule has 7 heteroatoms. The SMILES string of the molecule is CCc1ccc(C2C(C(=O)/C=C/c3ccccc3)=C(O)C(=O)N2c2nc(C)c(C(C)=O)s2)cc1. The number of amides is 1. The lowest BCUT2D eigenvalue weighted by Gasteiger charge is -2.24. The first-order valence-corrected chi connectivity index (χ1v) is 11.7. The Hall–Kier alpha value is -3.84. The monoisotopic (exact) mass is 472 g/mol. The van der Waals surface area contributed by atoms with Crippen molar-refractivity contribution in [3.05, 3.63) is 99.3 Å². The number of ketones is 2. The quantitative estimate of drug-likeness (QED) is 0.368. The zero-order valence-electron chi connectivity index (χ0n) is 19.1. The number of nitrogens with zero attached hydrogens (tertiary/aromatic N) is 2. The summed E-state index contributed by atoms with van der Waals surface area (Å²) in [5.41, 5.74) is 3.09. The number of carbonyl (C=O) groups excluding carboxylic acids is 3. The number of aliphatic hydroxyl groups excluding tert-OH is 1. The lowest BCUT2D eigenvalue weighted by molar-refractivity contribution is -0.117. The molecule has 0 saturated carbocycles. The molecule has 1 unspecified atom stereocenters. The standard InChI is InChI=1S/C27H24N2O4S/c1-4-18-10-13-20(14-11-18)23-22(21(31)15-12-19-8-6-5-7-9-19)24(32)26(33)29(23)27-28-16(2)25(34-27)17(3)30/h5-15,23,32H,4H2,1-3H3/b15-12+. The number of allylic oxidation sites excluding steroid dienone is 1. The average molecular weight is 473 g/mol. The zero-order chi connectivity index (χ0) is 24.4. The Morgan fingerprint density at radius 3 is 2.38 bits per heavy atom. The van der Waals surface area contributed by atoms with Gasteiger partial charge in [-0.05, 0) is 36.1 Å². The number of anilines is 1. The number of aliphatic hydroxyl groups is 1. The molecule has 0 spiro atoms. The van der Waals surface area contributed by atoms with Crippen molar-refractivity contribution in [3.8, 4) is 0 Å². The second-order valence-electron chi connectivity index (χ2n) is 8.01. The van der Waals surface area contributed by atoms with E-state index >= 15 is 0 Å². The molecule has 1 aromatic heterocycles. The fourth-order valence-electron chi connectivity index (χ4n) is 3.94. The number of thiazole rings is 1. The molecule has 0 radical (unpaired) electrons. The molecule has 0 saturated heterocycles. The third-order valence-corrected chi connectivity index (χ3v) is 6.97. The number of carbonyl (C=O) groups is 3. The van der Waals surface area contributed by atoms with Crippen molar-refractivity contribution in [2.24, 2.45) is 0 Å². The first-order chi connectivity index (χ1) is 16.3. The van der Waals surface area contributed by atoms with Crippen LogP contribution in [0.15, 0.2) is 72.0 Å². The Morgan fingerprint density at radius 1 is 1.12 bits per heavy atom. The highest BCUT2D eigenvalue weighted by Crippen LogP contribution is 2.43. The van der Waals surface area contributed by atoms with E-state index < -0.39 is 23.5 Å². The van der Waals surface area contributed by atoms with E-state index in [0.717, 1.165) is 28.9 Å². The molecule has 1 atom stereocenters. The van der Waals surface area contributed by atoms with Crippen molar-refractivity contribution >= 4 is 40.0 Å². The second-order valence-corrected chi connectivity index (χ2v) is 8.99. The smallest absolute Gasteiger partial charge is 0.296 e. The molecule has 2 aromatic carbocycles. The van der Waals surface area contributed by atoms with Crippen molar-refractivity contribution in [1.29, 1.82) is 0 Å². The van der Waals surface area contributed by atoms with E-state index in [-0.39, 0.29) is 16.5 Å². The van der Waals surface area contributed by atoms with Crippen molar-refractivity contribution in [2.45, 2.75) is 33.2 Å². The van der Waals surface area contributed by atoms with Crippen LogP contribution in [0.4, 0.5) is 5.13 Å². The van der Waals surface area contributed by atoms with E-state index in [1.807, 2.05) is 61.5 Å². The van der Waals surface area contributed by atoms with Crippen LogP contribution in [-0.2, 0) is 16.0 Å². The summed E-state index contributed by atoms with van der Waals surface area (Å²) in [6.07, 6.45) is 3.85. The highest BCUT2D eigenvalue weighted by molar-refractivity contribution is 7.17. The molecule has 1 amide bonds. The largest absolute Gasteiger partial charge is 0.503 e. The van der Waals surface area contributed by atoms with Gasteiger partial charge in [0.25, 0.3) is 5.91 Å². The van der Waals surface area contributed by atoms with Gasteiger partial charge in [-0.2, -0.15) is 0 Å². The van der Waals surface area contributed by atoms with E-state index in [1.165, 1.54) is 17.9 Å². The van der Waals surface area contributed by atoms with Gasteiger partial charge in [0.05, 0.1) is 22.2 Å². The van der Waals surface area contributed by atoms with Crippen LogP contribution < -0.4 is 4.90 Å². The van der Waals surface area contributed by atoms with Gasteiger partial charge in [-0.3, -0.25) is 19.3 Å². The van der Waals surface area contributed by atoms with Crippen LogP contribution >= 0.6 is 11.3 Å². The third-order valence-electron chi connectivity index (χ3n) is 5.72. The minimum Gasteiger partial charge on any atom is -0.503 e. The number of aromatic nitrogens is 1. The highest BCUT2D eigenvalue weighted by Gasteiger charge is 2.45. The van der Waals surface area contributed by atoms with Crippen molar-refractivity contribution < 1.29 is 19.5 Å². The highest BCUT2D eigenvalue weighted by atomic mass is 32.1. The average Bonchev–Trinajstić information content (AvgIpc) is 3.35. The van der Waals surface area contributed by atoms with Crippen molar-refractivity contribution in [1.82, 2.24) is 4.98 Å². The van der Waals surface area contributed by atoms with Crippen LogP contribution in [0, 0.1) is 6.92 Å². The van der Waals surface area contributed by atoms with Gasteiger partial charge in [0.1, 0.15) is 0 Å². The number of Topliss-reactive ketones (excluding diaryl/α,β-unsaturated/α-hetero) is 1. The molecule has 0 aliphatic carbocycles. The molecular formula is C27H24N2O4S. The number of hydrogen-bond acceptors (Lipinski definition) is 6. The Kier molecular flexibility index (Phi) is 6.56. The number of rotatable bonds is 7. The minimum atomic E-state index is -0.864. The van der Waals surface area contributed by atoms with E-state index in [4.69, 9.17) is 0 Å². The Bertz CT molecular complexity index is 1320. The normalized spacial score (nSPS) is 16.0. The Morgan fingerprint density at radius 2 is 1.79 bits per heavy atom. The van der Waals surface area contributed by atoms with Gasteiger partial charge in [-0.25, -0.2) is 4.98 Å². The molecule has 6 nitrogen and oxygen atoms in total. The summed E-state index contributed by atoms with van der Waals surface area (Å²) in [6, 6.07) is 16.0. The second kappa shape index (κ2) is 9.57. The lowest BCUT2D eigenvalue weighted by atomic mass is 9.94. The molecular weight excluding hydrogens is 448 g/mol. The molecule has 2 heterocycles. The zero-order valence-corrected chi connectivity index (χ0v) is 19.9. The number of hydrogen-bond donors (Lipinski definition) is 1. The van der Waals surface area contributed by atoms with Gasteiger partial charge in [0.2, 0.25) is 0 Å². The lowest BCUT2D eigenvalue weighted by Crippen LogP contribution is -2.30. The maximum atomic E-state index is 13.3. The molecule has 1 N–H and O–H groups in total. The van der Waals surface area contributed by atoms with Crippen LogP contribution in [0.3, 0.4) is 0 Å². The Labute approximate surface area is 201 Å². The maximum absolute atomic E-state index is 13.3. The van der Waals surface area contributed by atoms with Gasteiger partial charge in [0.15, 0.2) is 22.5 Å². The van der Waals surface area contributed by atoms with E-state index in [0.29, 0.717) is 16.1 Å². The van der Waals surface area contributed by atoms with Gasteiger partial charge in [0, 0.05) is 6.92 Å². The summed E-state index contributed by atoms with van der Waals surface area (Å²) >= 11 is 1.08. The molecule has 1 aliphatic rings. The predicted molar refractivity (Wildman–Crippen MR) is 133 cm³/mol. The summed E-state index contributed by atoms with van der Waals surface area (Å²) < 4.78 is 0. The first-order valence-electron chi connectivity index (χ1n) is 10.9. The maximum Gasteiger partial charge on any atom is 0.296 e. The summed E-state index contributed by atoms with van der Waals surface area (Å²) in [6.45, 7) is 5.18.